The molecule has 0 unspecified atom stereocenters. The van der Waals surface area contributed by atoms with E-state index in [0.29, 0.717) is 5.56 Å². The van der Waals surface area contributed by atoms with E-state index in [2.05, 4.69) is 0 Å². The number of nitro groups is 1. The number of hydrogen-bond acceptors (Lipinski definition) is 3. The number of nitriles is 1. The highest BCUT2D eigenvalue weighted by atomic mass is 16.6. The van der Waals surface area contributed by atoms with Gasteiger partial charge in [0.15, 0.2) is 0 Å². The lowest BCUT2D eigenvalue weighted by molar-refractivity contribution is -0.384. The molecule has 0 fully saturated rings. The Labute approximate surface area is 133 Å². The van der Waals surface area contributed by atoms with Gasteiger partial charge in [0.05, 0.1) is 10.5 Å². The molecule has 3 rings (SSSR count). The van der Waals surface area contributed by atoms with E-state index in [1.807, 2.05) is 60.7 Å². The predicted octanol–water partition coefficient (Wildman–Crippen LogP) is 4.79. The third-order valence-electron chi connectivity index (χ3n) is 3.63. The maximum absolute atomic E-state index is 10.8. The molecular formula is C19H12N2O2. The average molecular weight is 300 g/mol. The molecule has 3 aromatic carbocycles. The molecule has 0 saturated heterocycles. The Hall–Kier alpha value is -3.45. The van der Waals surface area contributed by atoms with Gasteiger partial charge in [-0.15, -0.1) is 0 Å². The van der Waals surface area contributed by atoms with Crippen LogP contribution >= 0.6 is 0 Å². The van der Waals surface area contributed by atoms with Gasteiger partial charge in [-0.05, 0) is 28.0 Å². The van der Waals surface area contributed by atoms with Crippen LogP contribution in [-0.4, -0.2) is 4.92 Å². The summed E-state index contributed by atoms with van der Waals surface area (Å²) in [7, 11) is 0. The molecule has 4 heteroatoms. The Morgan fingerprint density at radius 3 is 2.48 bits per heavy atom. The molecule has 0 heterocycles. The summed E-state index contributed by atoms with van der Waals surface area (Å²) in [4.78, 5) is 10.3. The number of non-ortho nitro benzene ring substituents is 1. The summed E-state index contributed by atoms with van der Waals surface area (Å²) in [5.74, 6) is 0. The highest BCUT2D eigenvalue weighted by Crippen LogP contribution is 2.23. The minimum absolute atomic E-state index is 0.0798. The Morgan fingerprint density at radius 1 is 0.957 bits per heavy atom. The van der Waals surface area contributed by atoms with Crippen LogP contribution in [0.15, 0.2) is 60.7 Å². The number of nitro benzene ring substituents is 1. The molecule has 0 aliphatic carbocycles. The summed E-state index contributed by atoms with van der Waals surface area (Å²) < 4.78 is 0. The van der Waals surface area contributed by atoms with Gasteiger partial charge in [0.2, 0.25) is 0 Å². The van der Waals surface area contributed by atoms with E-state index >= 15 is 0 Å². The van der Waals surface area contributed by atoms with Crippen molar-refractivity contribution < 1.29 is 4.92 Å². The molecule has 0 atom stereocenters. The normalized spacial score (nSPS) is 10.7. The second kappa shape index (κ2) is 6.12. The molecule has 110 valence electrons. The van der Waals surface area contributed by atoms with Crippen LogP contribution in [0.4, 0.5) is 5.69 Å². The zero-order chi connectivity index (χ0) is 16.2. The van der Waals surface area contributed by atoms with Crippen molar-refractivity contribution in [2.75, 3.05) is 0 Å². The lowest BCUT2D eigenvalue weighted by Gasteiger charge is -2.02. The van der Waals surface area contributed by atoms with Gasteiger partial charge in [0, 0.05) is 12.1 Å². The fraction of sp³-hybridized carbons (Fsp3) is 0. The molecule has 0 saturated carbocycles. The van der Waals surface area contributed by atoms with Crippen LogP contribution in [0.5, 0.6) is 0 Å². The van der Waals surface area contributed by atoms with Gasteiger partial charge in [-0.25, -0.2) is 0 Å². The maximum atomic E-state index is 10.8. The van der Waals surface area contributed by atoms with Gasteiger partial charge >= 0.3 is 0 Å². The zero-order valence-corrected chi connectivity index (χ0v) is 12.1. The standard InChI is InChI=1S/C19H12N2O2/c20-13-17-12-18(21(22)23)11-10-14(17)8-9-16-6-3-5-15-4-1-2-7-19(15)16/h1-12H. The Bertz CT molecular complexity index is 963. The van der Waals surface area contributed by atoms with Crippen LogP contribution in [-0.2, 0) is 0 Å². The van der Waals surface area contributed by atoms with Crippen molar-refractivity contribution >= 4 is 28.6 Å². The largest absolute Gasteiger partial charge is 0.270 e. The van der Waals surface area contributed by atoms with Crippen molar-refractivity contribution in [1.29, 1.82) is 5.26 Å². The molecule has 0 aromatic heterocycles. The molecule has 4 nitrogen and oxygen atoms in total. The first kappa shape index (κ1) is 14.5. The summed E-state index contributed by atoms with van der Waals surface area (Å²) in [5, 5.41) is 22.2. The average Bonchev–Trinajstić information content (AvgIpc) is 2.59. The molecule has 0 bridgehead atoms. The van der Waals surface area contributed by atoms with Crippen LogP contribution in [0.2, 0.25) is 0 Å². The molecule has 0 aliphatic rings. The lowest BCUT2D eigenvalue weighted by atomic mass is 10.0. The summed E-state index contributed by atoms with van der Waals surface area (Å²) in [5.41, 5.74) is 1.90. The van der Waals surface area contributed by atoms with Gasteiger partial charge in [-0.1, -0.05) is 54.6 Å². The Morgan fingerprint density at radius 2 is 1.70 bits per heavy atom. The zero-order valence-electron chi connectivity index (χ0n) is 12.1. The molecule has 3 aromatic rings. The number of fused-ring (bicyclic) bond motifs is 1. The van der Waals surface area contributed by atoms with Crippen LogP contribution in [0, 0.1) is 21.4 Å². The first-order valence-electron chi connectivity index (χ1n) is 7.03. The van der Waals surface area contributed by atoms with Crippen LogP contribution in [0.1, 0.15) is 16.7 Å². The summed E-state index contributed by atoms with van der Waals surface area (Å²) in [6.07, 6.45) is 3.73. The lowest BCUT2D eigenvalue weighted by Crippen LogP contribution is -1.90. The fourth-order valence-corrected chi connectivity index (χ4v) is 2.48. The first-order chi connectivity index (χ1) is 11.2. The first-order valence-corrected chi connectivity index (χ1v) is 7.03. The molecule has 0 amide bonds. The van der Waals surface area contributed by atoms with E-state index in [9.17, 15) is 15.4 Å². The van der Waals surface area contributed by atoms with Crippen LogP contribution in [0.3, 0.4) is 0 Å². The van der Waals surface area contributed by atoms with Crippen molar-refractivity contribution in [3.05, 3.63) is 87.5 Å². The van der Waals surface area contributed by atoms with Crippen molar-refractivity contribution in [1.82, 2.24) is 0 Å². The van der Waals surface area contributed by atoms with Crippen molar-refractivity contribution in [3.63, 3.8) is 0 Å². The van der Waals surface area contributed by atoms with E-state index in [-0.39, 0.29) is 11.3 Å². The third-order valence-corrected chi connectivity index (χ3v) is 3.63. The number of benzene rings is 3. The smallest absolute Gasteiger partial charge is 0.258 e. The number of rotatable bonds is 3. The van der Waals surface area contributed by atoms with Gasteiger partial charge in [0.25, 0.3) is 5.69 Å². The summed E-state index contributed by atoms with van der Waals surface area (Å²) >= 11 is 0. The third kappa shape index (κ3) is 2.94. The van der Waals surface area contributed by atoms with E-state index in [4.69, 9.17) is 0 Å². The van der Waals surface area contributed by atoms with Gasteiger partial charge in [-0.3, -0.25) is 10.1 Å². The van der Waals surface area contributed by atoms with Crippen LogP contribution in [0.25, 0.3) is 22.9 Å². The van der Waals surface area contributed by atoms with E-state index in [1.54, 1.807) is 6.07 Å². The van der Waals surface area contributed by atoms with E-state index < -0.39 is 4.92 Å². The van der Waals surface area contributed by atoms with Crippen molar-refractivity contribution in [2.24, 2.45) is 0 Å². The van der Waals surface area contributed by atoms with Crippen molar-refractivity contribution in [2.45, 2.75) is 0 Å². The number of nitrogens with zero attached hydrogens (tertiary/aromatic N) is 2. The van der Waals surface area contributed by atoms with Gasteiger partial charge in [0.1, 0.15) is 6.07 Å². The van der Waals surface area contributed by atoms with Crippen molar-refractivity contribution in [3.8, 4) is 6.07 Å². The Kier molecular flexibility index (Phi) is 3.86. The second-order valence-electron chi connectivity index (χ2n) is 5.04. The highest BCUT2D eigenvalue weighted by Gasteiger charge is 2.09. The fourth-order valence-electron chi connectivity index (χ4n) is 2.48. The second-order valence-corrected chi connectivity index (χ2v) is 5.04. The van der Waals surface area contributed by atoms with E-state index in [1.165, 1.54) is 12.1 Å². The van der Waals surface area contributed by atoms with Gasteiger partial charge < -0.3 is 0 Å². The summed E-state index contributed by atoms with van der Waals surface area (Å²) in [6.45, 7) is 0. The van der Waals surface area contributed by atoms with E-state index in [0.717, 1.165) is 16.3 Å². The Balaban J connectivity index is 2.03. The molecular weight excluding hydrogens is 288 g/mol. The molecule has 0 radical (unpaired) electrons. The number of hydrogen-bond donors (Lipinski definition) is 0. The minimum atomic E-state index is -0.501. The topological polar surface area (TPSA) is 66.9 Å². The van der Waals surface area contributed by atoms with Gasteiger partial charge in [-0.2, -0.15) is 5.26 Å². The van der Waals surface area contributed by atoms with Crippen LogP contribution < -0.4 is 0 Å². The maximum Gasteiger partial charge on any atom is 0.270 e. The quantitative estimate of drug-likeness (QED) is 0.397. The molecule has 0 spiro atoms. The minimum Gasteiger partial charge on any atom is -0.258 e. The highest BCUT2D eigenvalue weighted by molar-refractivity contribution is 5.93. The molecule has 0 aliphatic heterocycles. The molecule has 0 N–H and O–H groups in total. The monoisotopic (exact) mass is 300 g/mol. The predicted molar refractivity (Wildman–Crippen MR) is 90.7 cm³/mol. The molecule has 23 heavy (non-hydrogen) atoms. The SMILES string of the molecule is N#Cc1cc([N+](=O)[O-])ccc1C=Cc1cccc2ccccc12. The summed E-state index contributed by atoms with van der Waals surface area (Å²) in [6, 6.07) is 20.4.